The highest BCUT2D eigenvalue weighted by atomic mass is 35.5. The standard InChI is InChI=1S/C16H22N2O3.ClH/c1-11(19)12-3-5-13(6-4-12)16(20)18-8-7-15(21-2)9-14(18)10-17;/h3-6,14-15H,7-10,17H2,1-2H3;1H. The van der Waals surface area contributed by atoms with Gasteiger partial charge in [-0.15, -0.1) is 12.4 Å². The van der Waals surface area contributed by atoms with Crippen LogP contribution in [0.4, 0.5) is 0 Å². The first kappa shape index (κ1) is 18.6. The highest BCUT2D eigenvalue weighted by Crippen LogP contribution is 2.21. The molecule has 2 N–H and O–H groups in total. The van der Waals surface area contributed by atoms with Gasteiger partial charge in [0.1, 0.15) is 0 Å². The molecule has 1 amide bonds. The first-order chi connectivity index (χ1) is 10.1. The lowest BCUT2D eigenvalue weighted by atomic mass is 9.98. The molecule has 1 aromatic rings. The Morgan fingerprint density at radius 2 is 1.86 bits per heavy atom. The minimum Gasteiger partial charge on any atom is -0.381 e. The smallest absolute Gasteiger partial charge is 0.254 e. The Balaban J connectivity index is 0.00000242. The molecule has 1 fully saturated rings. The number of likely N-dealkylation sites (tertiary alicyclic amines) is 1. The van der Waals surface area contributed by atoms with Crippen molar-refractivity contribution in [1.82, 2.24) is 4.90 Å². The van der Waals surface area contributed by atoms with E-state index in [-0.39, 0.29) is 36.2 Å². The Labute approximate surface area is 137 Å². The highest BCUT2D eigenvalue weighted by molar-refractivity contribution is 5.97. The number of rotatable bonds is 4. The van der Waals surface area contributed by atoms with Crippen LogP contribution in [0.15, 0.2) is 24.3 Å². The fourth-order valence-electron chi connectivity index (χ4n) is 2.73. The summed E-state index contributed by atoms with van der Waals surface area (Å²) in [5.74, 6) is -0.0372. The number of benzene rings is 1. The topological polar surface area (TPSA) is 72.6 Å². The van der Waals surface area contributed by atoms with E-state index < -0.39 is 0 Å². The third-order valence-corrected chi connectivity index (χ3v) is 4.07. The first-order valence-electron chi connectivity index (χ1n) is 7.21. The molecule has 6 heteroatoms. The van der Waals surface area contributed by atoms with E-state index in [2.05, 4.69) is 0 Å². The lowest BCUT2D eigenvalue weighted by Gasteiger charge is -2.38. The van der Waals surface area contributed by atoms with Crippen LogP contribution in [-0.2, 0) is 4.74 Å². The van der Waals surface area contributed by atoms with Crippen molar-refractivity contribution in [2.45, 2.75) is 31.9 Å². The average molecular weight is 327 g/mol. The van der Waals surface area contributed by atoms with Crippen molar-refractivity contribution >= 4 is 24.1 Å². The van der Waals surface area contributed by atoms with Gasteiger partial charge in [0.25, 0.3) is 5.91 Å². The summed E-state index contributed by atoms with van der Waals surface area (Å²) in [6.45, 7) is 2.58. The molecule has 1 aliphatic rings. The number of nitrogens with zero attached hydrogens (tertiary/aromatic N) is 1. The summed E-state index contributed by atoms with van der Waals surface area (Å²) >= 11 is 0. The van der Waals surface area contributed by atoms with Gasteiger partial charge in [-0.2, -0.15) is 0 Å². The third-order valence-electron chi connectivity index (χ3n) is 4.07. The van der Waals surface area contributed by atoms with Gasteiger partial charge in [-0.3, -0.25) is 9.59 Å². The van der Waals surface area contributed by atoms with E-state index in [0.29, 0.717) is 24.2 Å². The summed E-state index contributed by atoms with van der Waals surface area (Å²) in [4.78, 5) is 25.7. The zero-order valence-corrected chi connectivity index (χ0v) is 13.8. The largest absolute Gasteiger partial charge is 0.381 e. The van der Waals surface area contributed by atoms with Crippen LogP contribution in [0, 0.1) is 0 Å². The lowest BCUT2D eigenvalue weighted by Crippen LogP contribution is -2.51. The molecular weight excluding hydrogens is 304 g/mol. The maximum atomic E-state index is 12.6. The number of nitrogens with two attached hydrogens (primary N) is 1. The molecule has 22 heavy (non-hydrogen) atoms. The molecule has 1 aliphatic heterocycles. The van der Waals surface area contributed by atoms with Crippen LogP contribution in [0.1, 0.15) is 40.5 Å². The SMILES string of the molecule is COC1CCN(C(=O)c2ccc(C(C)=O)cc2)C(CN)C1.Cl. The zero-order chi connectivity index (χ0) is 15.4. The van der Waals surface area contributed by atoms with Gasteiger partial charge < -0.3 is 15.4 Å². The van der Waals surface area contributed by atoms with Gasteiger partial charge in [0.2, 0.25) is 0 Å². The van der Waals surface area contributed by atoms with Crippen LogP contribution in [0.3, 0.4) is 0 Å². The average Bonchev–Trinajstić information content (AvgIpc) is 2.53. The number of carbonyl (C=O) groups excluding carboxylic acids is 2. The molecule has 1 heterocycles. The molecule has 1 saturated heterocycles. The molecule has 0 aliphatic carbocycles. The zero-order valence-electron chi connectivity index (χ0n) is 13.0. The van der Waals surface area contributed by atoms with Crippen molar-refractivity contribution in [3.63, 3.8) is 0 Å². The maximum Gasteiger partial charge on any atom is 0.254 e. The molecule has 5 nitrogen and oxygen atoms in total. The maximum absolute atomic E-state index is 12.6. The third kappa shape index (κ3) is 4.06. The van der Waals surface area contributed by atoms with E-state index in [1.165, 1.54) is 6.92 Å². The summed E-state index contributed by atoms with van der Waals surface area (Å²) in [5, 5.41) is 0. The van der Waals surface area contributed by atoms with Crippen LogP contribution < -0.4 is 5.73 Å². The van der Waals surface area contributed by atoms with Crippen LogP contribution >= 0.6 is 12.4 Å². The number of amides is 1. The number of Topliss-reactive ketones (excluding diaryl/α,β-unsaturated/α-hetero) is 1. The van der Waals surface area contributed by atoms with Gasteiger partial charge in [-0.25, -0.2) is 0 Å². The number of hydrogen-bond acceptors (Lipinski definition) is 4. The van der Waals surface area contributed by atoms with E-state index in [1.54, 1.807) is 31.4 Å². The highest BCUT2D eigenvalue weighted by Gasteiger charge is 2.31. The van der Waals surface area contributed by atoms with Crippen molar-refractivity contribution in [3.8, 4) is 0 Å². The second-order valence-corrected chi connectivity index (χ2v) is 5.40. The molecule has 122 valence electrons. The summed E-state index contributed by atoms with van der Waals surface area (Å²) in [7, 11) is 1.69. The predicted molar refractivity (Wildman–Crippen MR) is 87.6 cm³/mol. The molecular formula is C16H23ClN2O3. The van der Waals surface area contributed by atoms with Crippen molar-refractivity contribution in [1.29, 1.82) is 0 Å². The molecule has 2 unspecified atom stereocenters. The number of methoxy groups -OCH3 is 1. The Hall–Kier alpha value is -1.43. The van der Waals surface area contributed by atoms with Crippen molar-refractivity contribution in [2.24, 2.45) is 5.73 Å². The van der Waals surface area contributed by atoms with E-state index >= 15 is 0 Å². The fraction of sp³-hybridized carbons (Fsp3) is 0.500. The van der Waals surface area contributed by atoms with E-state index in [1.807, 2.05) is 4.90 Å². The number of piperidine rings is 1. The first-order valence-corrected chi connectivity index (χ1v) is 7.21. The summed E-state index contributed by atoms with van der Waals surface area (Å²) < 4.78 is 5.37. The van der Waals surface area contributed by atoms with Crippen molar-refractivity contribution in [3.05, 3.63) is 35.4 Å². The molecule has 0 spiro atoms. The summed E-state index contributed by atoms with van der Waals surface area (Å²) in [6, 6.07) is 6.79. The minimum absolute atomic E-state index is 0. The molecule has 0 radical (unpaired) electrons. The van der Waals surface area contributed by atoms with Gasteiger partial charge in [0.05, 0.1) is 6.10 Å². The van der Waals surface area contributed by atoms with E-state index in [0.717, 1.165) is 12.8 Å². The van der Waals surface area contributed by atoms with E-state index in [9.17, 15) is 9.59 Å². The number of carbonyl (C=O) groups is 2. The lowest BCUT2D eigenvalue weighted by molar-refractivity contribution is 0.0139. The Morgan fingerprint density at radius 1 is 1.27 bits per heavy atom. The van der Waals surface area contributed by atoms with Gasteiger partial charge >= 0.3 is 0 Å². The Bertz CT molecular complexity index is 519. The van der Waals surface area contributed by atoms with Crippen LogP contribution in [0.25, 0.3) is 0 Å². The molecule has 0 aromatic heterocycles. The molecule has 1 aromatic carbocycles. The minimum atomic E-state index is -0.0323. The molecule has 0 saturated carbocycles. The van der Waals surface area contributed by atoms with Gasteiger partial charge in [0, 0.05) is 37.4 Å². The van der Waals surface area contributed by atoms with Gasteiger partial charge in [0.15, 0.2) is 5.78 Å². The van der Waals surface area contributed by atoms with Crippen molar-refractivity contribution in [2.75, 3.05) is 20.2 Å². The van der Waals surface area contributed by atoms with Crippen LogP contribution in [0.2, 0.25) is 0 Å². The van der Waals surface area contributed by atoms with E-state index in [4.69, 9.17) is 10.5 Å². The summed E-state index contributed by atoms with van der Waals surface area (Å²) in [6.07, 6.45) is 1.76. The molecule has 0 bridgehead atoms. The number of halogens is 1. The molecule has 2 rings (SSSR count). The van der Waals surface area contributed by atoms with Gasteiger partial charge in [-0.05, 0) is 31.9 Å². The Morgan fingerprint density at radius 3 is 2.36 bits per heavy atom. The second-order valence-electron chi connectivity index (χ2n) is 5.40. The Kier molecular flexibility index (Phi) is 7.00. The normalized spacial score (nSPS) is 21.1. The number of ether oxygens (including phenoxy) is 1. The second kappa shape index (κ2) is 8.27. The van der Waals surface area contributed by atoms with Crippen molar-refractivity contribution < 1.29 is 14.3 Å². The van der Waals surface area contributed by atoms with Crippen LogP contribution in [0.5, 0.6) is 0 Å². The predicted octanol–water partition coefficient (Wildman–Crippen LogP) is 1.89. The quantitative estimate of drug-likeness (QED) is 0.858. The summed E-state index contributed by atoms with van der Waals surface area (Å²) in [5.41, 5.74) is 7.00. The number of ketones is 1. The monoisotopic (exact) mass is 326 g/mol. The fourth-order valence-corrected chi connectivity index (χ4v) is 2.73. The number of hydrogen-bond donors (Lipinski definition) is 1. The molecule has 2 atom stereocenters. The van der Waals surface area contributed by atoms with Gasteiger partial charge in [-0.1, -0.05) is 12.1 Å². The van der Waals surface area contributed by atoms with Crippen LogP contribution in [-0.4, -0.2) is 48.9 Å².